The van der Waals surface area contributed by atoms with Crippen molar-refractivity contribution in [1.82, 2.24) is 9.38 Å². The number of thiazole rings is 1. The lowest BCUT2D eigenvalue weighted by Crippen LogP contribution is -1.98. The van der Waals surface area contributed by atoms with Crippen molar-refractivity contribution in [3.63, 3.8) is 0 Å². The summed E-state index contributed by atoms with van der Waals surface area (Å²) < 4.78 is 7.50. The molecule has 2 aromatic heterocycles. The highest BCUT2D eigenvalue weighted by Crippen LogP contribution is 2.31. The number of benzene rings is 1. The van der Waals surface area contributed by atoms with Gasteiger partial charge in [-0.3, -0.25) is 4.40 Å². The van der Waals surface area contributed by atoms with Gasteiger partial charge in [-0.25, -0.2) is 9.78 Å². The summed E-state index contributed by atoms with van der Waals surface area (Å²) in [6.45, 7) is 6.55. The molecule has 0 aliphatic rings. The molecule has 120 valence electrons. The molecule has 3 rings (SSSR count). The summed E-state index contributed by atoms with van der Waals surface area (Å²) in [5, 5.41) is 9.22. The van der Waals surface area contributed by atoms with Crippen LogP contribution in [0.5, 0.6) is 5.75 Å². The number of aryl methyl sites for hydroxylation is 2. The largest absolute Gasteiger partial charge is 0.494 e. The predicted octanol–water partition coefficient (Wildman–Crippen LogP) is 4.17. The molecule has 0 aliphatic heterocycles. The Morgan fingerprint density at radius 2 is 1.96 bits per heavy atom. The van der Waals surface area contributed by atoms with E-state index in [0.29, 0.717) is 16.4 Å². The topological polar surface area (TPSA) is 63.8 Å². The van der Waals surface area contributed by atoms with Crippen molar-refractivity contribution in [3.8, 4) is 17.0 Å². The lowest BCUT2D eigenvalue weighted by Gasteiger charge is -2.05. The highest BCUT2D eigenvalue weighted by atomic mass is 32.1. The monoisotopic (exact) mass is 330 g/mol. The molecule has 0 amide bonds. The quantitative estimate of drug-likeness (QED) is 0.763. The van der Waals surface area contributed by atoms with Gasteiger partial charge >= 0.3 is 5.97 Å². The lowest BCUT2D eigenvalue weighted by atomic mass is 10.1. The van der Waals surface area contributed by atoms with E-state index in [1.165, 1.54) is 11.3 Å². The number of aromatic nitrogens is 2. The molecule has 0 aliphatic carbocycles. The molecule has 6 heteroatoms. The molecule has 2 heterocycles. The van der Waals surface area contributed by atoms with Gasteiger partial charge in [0, 0.05) is 17.0 Å². The minimum absolute atomic E-state index is 0.338. The van der Waals surface area contributed by atoms with Crippen molar-refractivity contribution in [2.45, 2.75) is 27.2 Å². The van der Waals surface area contributed by atoms with Crippen LogP contribution in [0.4, 0.5) is 0 Å². The first-order chi connectivity index (χ1) is 11.0. The van der Waals surface area contributed by atoms with Crippen molar-refractivity contribution in [1.29, 1.82) is 0 Å². The number of ether oxygens (including phenoxy) is 1. The Morgan fingerprint density at radius 3 is 2.52 bits per heavy atom. The highest BCUT2D eigenvalue weighted by molar-refractivity contribution is 7.19. The summed E-state index contributed by atoms with van der Waals surface area (Å²) in [6, 6.07) is 7.84. The van der Waals surface area contributed by atoms with Gasteiger partial charge in [-0.2, -0.15) is 0 Å². The number of carboxylic acid groups (broad SMARTS) is 1. The molecule has 0 saturated heterocycles. The van der Waals surface area contributed by atoms with E-state index in [0.717, 1.165) is 34.8 Å². The Bertz CT molecular complexity index is 862. The van der Waals surface area contributed by atoms with E-state index >= 15 is 0 Å². The van der Waals surface area contributed by atoms with Gasteiger partial charge in [-0.05, 0) is 44.5 Å². The maximum absolute atomic E-state index is 11.2. The van der Waals surface area contributed by atoms with Crippen LogP contribution in [0.2, 0.25) is 0 Å². The average Bonchev–Trinajstić information content (AvgIpc) is 3.03. The number of carboxylic acids is 1. The second kappa shape index (κ2) is 6.04. The van der Waals surface area contributed by atoms with Crippen LogP contribution in [0.25, 0.3) is 16.2 Å². The third-order valence-electron chi connectivity index (χ3n) is 3.73. The fraction of sp³-hybridized carbons (Fsp3) is 0.294. The van der Waals surface area contributed by atoms with Gasteiger partial charge in [0.05, 0.1) is 12.3 Å². The highest BCUT2D eigenvalue weighted by Gasteiger charge is 2.20. The maximum Gasteiger partial charge on any atom is 0.347 e. The molecule has 0 spiro atoms. The van der Waals surface area contributed by atoms with Crippen molar-refractivity contribution < 1.29 is 14.6 Å². The molecule has 1 aromatic carbocycles. The SMILES string of the molecule is CCCOc1ccc(-c2nc3sc(C(=O)O)c(C)n3c2C)cc1. The lowest BCUT2D eigenvalue weighted by molar-refractivity contribution is 0.0701. The molecule has 0 fully saturated rings. The Morgan fingerprint density at radius 1 is 1.26 bits per heavy atom. The number of imidazole rings is 1. The third-order valence-corrected chi connectivity index (χ3v) is 4.86. The van der Waals surface area contributed by atoms with Crippen molar-refractivity contribution in [3.05, 3.63) is 40.5 Å². The third kappa shape index (κ3) is 2.70. The number of fused-ring (bicyclic) bond motifs is 1. The molecular weight excluding hydrogens is 312 g/mol. The van der Waals surface area contributed by atoms with Gasteiger partial charge in [0.15, 0.2) is 4.96 Å². The molecule has 0 bridgehead atoms. The van der Waals surface area contributed by atoms with E-state index in [1.54, 1.807) is 0 Å². The Balaban J connectivity index is 2.00. The minimum Gasteiger partial charge on any atom is -0.494 e. The zero-order valence-electron chi connectivity index (χ0n) is 13.3. The van der Waals surface area contributed by atoms with Gasteiger partial charge < -0.3 is 9.84 Å². The molecule has 3 aromatic rings. The van der Waals surface area contributed by atoms with Crippen LogP contribution in [0.15, 0.2) is 24.3 Å². The first kappa shape index (κ1) is 15.6. The van der Waals surface area contributed by atoms with E-state index in [9.17, 15) is 9.90 Å². The van der Waals surface area contributed by atoms with Crippen LogP contribution in [0, 0.1) is 13.8 Å². The van der Waals surface area contributed by atoms with Crippen molar-refractivity contribution in [2.24, 2.45) is 0 Å². The first-order valence-corrected chi connectivity index (χ1v) is 8.29. The summed E-state index contributed by atoms with van der Waals surface area (Å²) in [7, 11) is 0. The fourth-order valence-electron chi connectivity index (χ4n) is 2.61. The fourth-order valence-corrected chi connectivity index (χ4v) is 3.62. The number of hydrogen-bond acceptors (Lipinski definition) is 4. The number of aromatic carboxylic acids is 1. The molecule has 23 heavy (non-hydrogen) atoms. The summed E-state index contributed by atoms with van der Waals surface area (Å²) in [6.07, 6.45) is 0.976. The second-order valence-corrected chi connectivity index (χ2v) is 6.34. The molecular formula is C17H18N2O3S. The zero-order chi connectivity index (χ0) is 16.6. The smallest absolute Gasteiger partial charge is 0.347 e. The van der Waals surface area contributed by atoms with Gasteiger partial charge in [0.25, 0.3) is 0 Å². The number of carbonyl (C=O) groups is 1. The van der Waals surface area contributed by atoms with Crippen molar-refractivity contribution >= 4 is 22.3 Å². The Labute approximate surface area is 138 Å². The normalized spacial score (nSPS) is 11.1. The molecule has 0 radical (unpaired) electrons. The van der Waals surface area contributed by atoms with Gasteiger partial charge in [0.2, 0.25) is 0 Å². The molecule has 5 nitrogen and oxygen atoms in total. The number of nitrogens with zero attached hydrogens (tertiary/aromatic N) is 2. The van der Waals surface area contributed by atoms with Crippen LogP contribution < -0.4 is 4.74 Å². The summed E-state index contributed by atoms with van der Waals surface area (Å²) >= 11 is 1.20. The zero-order valence-corrected chi connectivity index (χ0v) is 14.1. The number of rotatable bonds is 5. The summed E-state index contributed by atoms with van der Waals surface area (Å²) in [4.78, 5) is 16.9. The van der Waals surface area contributed by atoms with Gasteiger partial charge in [0.1, 0.15) is 10.6 Å². The van der Waals surface area contributed by atoms with E-state index < -0.39 is 5.97 Å². The summed E-state index contributed by atoms with van der Waals surface area (Å²) in [5.41, 5.74) is 3.54. The van der Waals surface area contributed by atoms with E-state index in [-0.39, 0.29) is 0 Å². The minimum atomic E-state index is -0.906. The number of hydrogen-bond donors (Lipinski definition) is 1. The van der Waals surface area contributed by atoms with Gasteiger partial charge in [-0.1, -0.05) is 18.3 Å². The van der Waals surface area contributed by atoms with Crippen LogP contribution in [0.3, 0.4) is 0 Å². The van der Waals surface area contributed by atoms with Gasteiger partial charge in [-0.15, -0.1) is 0 Å². The Kier molecular flexibility index (Phi) is 4.09. The first-order valence-electron chi connectivity index (χ1n) is 7.48. The molecule has 0 atom stereocenters. The van der Waals surface area contributed by atoms with Crippen molar-refractivity contribution in [2.75, 3.05) is 6.61 Å². The molecule has 0 saturated carbocycles. The maximum atomic E-state index is 11.2. The summed E-state index contributed by atoms with van der Waals surface area (Å²) in [5.74, 6) is -0.0602. The second-order valence-electron chi connectivity index (χ2n) is 5.36. The predicted molar refractivity (Wildman–Crippen MR) is 90.7 cm³/mol. The van der Waals surface area contributed by atoms with Crippen LogP contribution in [-0.2, 0) is 0 Å². The van der Waals surface area contributed by atoms with Crippen LogP contribution in [-0.4, -0.2) is 27.1 Å². The molecule has 0 unspecified atom stereocenters. The average molecular weight is 330 g/mol. The molecule has 1 N–H and O–H groups in total. The van der Waals surface area contributed by atoms with E-state index in [2.05, 4.69) is 11.9 Å². The van der Waals surface area contributed by atoms with Crippen LogP contribution in [0.1, 0.15) is 34.4 Å². The van der Waals surface area contributed by atoms with E-state index in [4.69, 9.17) is 4.74 Å². The van der Waals surface area contributed by atoms with Crippen LogP contribution >= 0.6 is 11.3 Å². The standard InChI is InChI=1S/C17H18N2O3S/c1-4-9-22-13-7-5-12(6-8-13)14-10(2)19-11(3)15(16(20)21)23-17(19)18-14/h5-8H,4,9H2,1-3H3,(H,20,21). The van der Waals surface area contributed by atoms with E-state index in [1.807, 2.05) is 42.5 Å². The Hall–Kier alpha value is -2.34.